The van der Waals surface area contributed by atoms with Crippen molar-refractivity contribution >= 4 is 5.78 Å². The molecule has 23 heavy (non-hydrogen) atoms. The van der Waals surface area contributed by atoms with Gasteiger partial charge >= 0.3 is 0 Å². The van der Waals surface area contributed by atoms with Gasteiger partial charge in [-0.3, -0.25) is 4.79 Å². The van der Waals surface area contributed by atoms with Crippen LogP contribution in [0.1, 0.15) is 73.4 Å². The average molecular weight is 308 g/mol. The van der Waals surface area contributed by atoms with E-state index in [-0.39, 0.29) is 5.78 Å². The highest BCUT2D eigenvalue weighted by Gasteiger charge is 2.08. The zero-order valence-corrected chi connectivity index (χ0v) is 14.3. The number of unbranched alkanes of at least 4 members (excludes halogenated alkanes) is 6. The molecular weight excluding hydrogens is 280 g/mol. The van der Waals surface area contributed by atoms with Crippen LogP contribution in [-0.4, -0.2) is 5.78 Å². The van der Waals surface area contributed by atoms with Gasteiger partial charge in [-0.25, -0.2) is 0 Å². The van der Waals surface area contributed by atoms with Crippen molar-refractivity contribution in [3.63, 3.8) is 0 Å². The van der Waals surface area contributed by atoms with Crippen molar-refractivity contribution in [1.29, 1.82) is 0 Å². The Morgan fingerprint density at radius 1 is 0.739 bits per heavy atom. The smallest absolute Gasteiger partial charge is 0.193 e. The van der Waals surface area contributed by atoms with Crippen molar-refractivity contribution in [3.8, 4) is 0 Å². The third-order valence-corrected chi connectivity index (χ3v) is 4.29. The van der Waals surface area contributed by atoms with Gasteiger partial charge in [0.2, 0.25) is 0 Å². The molecule has 0 saturated carbocycles. The molecule has 0 saturated heterocycles. The number of carbonyl (C=O) groups is 1. The number of hydrogen-bond acceptors (Lipinski definition) is 1. The number of benzene rings is 2. The molecule has 0 spiro atoms. The van der Waals surface area contributed by atoms with Crippen molar-refractivity contribution in [2.75, 3.05) is 0 Å². The molecule has 2 aromatic carbocycles. The first-order chi connectivity index (χ1) is 11.3. The molecule has 0 aliphatic carbocycles. The van der Waals surface area contributed by atoms with E-state index in [9.17, 15) is 4.79 Å². The largest absolute Gasteiger partial charge is 0.289 e. The summed E-state index contributed by atoms with van der Waals surface area (Å²) in [5, 5.41) is 0. The van der Waals surface area contributed by atoms with E-state index in [1.54, 1.807) is 0 Å². The summed E-state index contributed by atoms with van der Waals surface area (Å²) in [7, 11) is 0. The van der Waals surface area contributed by atoms with Crippen LogP contribution >= 0.6 is 0 Å². The number of ketones is 1. The standard InChI is InChI=1S/C22H28O/c1-2-3-4-5-6-7-9-13-19-14-12-17-21(18-19)22(23)20-15-10-8-11-16-20/h8,10-12,14-18H,2-7,9,13H2,1H3. The zero-order chi connectivity index (χ0) is 16.3. The molecule has 0 radical (unpaired) electrons. The van der Waals surface area contributed by atoms with E-state index in [2.05, 4.69) is 19.1 Å². The van der Waals surface area contributed by atoms with Crippen LogP contribution in [0.4, 0.5) is 0 Å². The van der Waals surface area contributed by atoms with E-state index in [0.717, 1.165) is 17.5 Å². The van der Waals surface area contributed by atoms with Gasteiger partial charge < -0.3 is 0 Å². The van der Waals surface area contributed by atoms with E-state index in [1.807, 2.05) is 42.5 Å². The minimum atomic E-state index is 0.118. The van der Waals surface area contributed by atoms with Gasteiger partial charge in [-0.05, 0) is 24.5 Å². The Balaban J connectivity index is 1.82. The highest BCUT2D eigenvalue weighted by Crippen LogP contribution is 2.15. The van der Waals surface area contributed by atoms with Gasteiger partial charge in [0, 0.05) is 11.1 Å². The summed E-state index contributed by atoms with van der Waals surface area (Å²) < 4.78 is 0. The Labute approximate surface area is 140 Å². The maximum Gasteiger partial charge on any atom is 0.193 e. The van der Waals surface area contributed by atoms with Crippen LogP contribution < -0.4 is 0 Å². The molecule has 0 aliphatic heterocycles. The van der Waals surface area contributed by atoms with Gasteiger partial charge in [0.15, 0.2) is 5.78 Å². The molecule has 0 amide bonds. The summed E-state index contributed by atoms with van der Waals surface area (Å²) in [6, 6.07) is 17.6. The third kappa shape index (κ3) is 6.02. The van der Waals surface area contributed by atoms with Gasteiger partial charge in [-0.1, -0.05) is 94.0 Å². The summed E-state index contributed by atoms with van der Waals surface area (Å²) in [6.45, 7) is 2.25. The normalized spacial score (nSPS) is 10.7. The van der Waals surface area contributed by atoms with Crippen molar-refractivity contribution in [1.82, 2.24) is 0 Å². The van der Waals surface area contributed by atoms with E-state index in [0.29, 0.717) is 0 Å². The van der Waals surface area contributed by atoms with Gasteiger partial charge in [0.25, 0.3) is 0 Å². The first kappa shape index (κ1) is 17.5. The molecule has 2 aromatic rings. The van der Waals surface area contributed by atoms with Crippen LogP contribution in [-0.2, 0) is 6.42 Å². The Morgan fingerprint density at radius 3 is 2.13 bits per heavy atom. The maximum atomic E-state index is 12.5. The molecule has 0 fully saturated rings. The fourth-order valence-corrected chi connectivity index (χ4v) is 2.91. The van der Waals surface area contributed by atoms with Crippen molar-refractivity contribution < 1.29 is 4.79 Å². The number of carbonyl (C=O) groups excluding carboxylic acids is 1. The van der Waals surface area contributed by atoms with Crippen LogP contribution in [0.25, 0.3) is 0 Å². The summed E-state index contributed by atoms with van der Waals surface area (Å²) in [4.78, 5) is 12.5. The SMILES string of the molecule is CCCCCCCCCc1cccc(C(=O)c2ccccc2)c1. The van der Waals surface area contributed by atoms with Gasteiger partial charge in [0.1, 0.15) is 0 Å². The Hall–Kier alpha value is -1.89. The van der Waals surface area contributed by atoms with Crippen LogP contribution in [0.15, 0.2) is 54.6 Å². The molecule has 0 atom stereocenters. The summed E-state index contributed by atoms with van der Waals surface area (Å²) in [5.74, 6) is 0.118. The lowest BCUT2D eigenvalue weighted by Gasteiger charge is -2.05. The van der Waals surface area contributed by atoms with Gasteiger partial charge in [0.05, 0.1) is 0 Å². The van der Waals surface area contributed by atoms with Crippen LogP contribution in [0.2, 0.25) is 0 Å². The highest BCUT2D eigenvalue weighted by molar-refractivity contribution is 6.09. The number of aryl methyl sites for hydroxylation is 1. The molecular formula is C22H28O. The highest BCUT2D eigenvalue weighted by atomic mass is 16.1. The first-order valence-electron chi connectivity index (χ1n) is 9.00. The topological polar surface area (TPSA) is 17.1 Å². The van der Waals surface area contributed by atoms with Crippen molar-refractivity contribution in [3.05, 3.63) is 71.3 Å². The van der Waals surface area contributed by atoms with Gasteiger partial charge in [-0.15, -0.1) is 0 Å². The van der Waals surface area contributed by atoms with Crippen LogP contribution in [0, 0.1) is 0 Å². The lowest BCUT2D eigenvalue weighted by molar-refractivity contribution is 0.103. The van der Waals surface area contributed by atoms with Gasteiger partial charge in [-0.2, -0.15) is 0 Å². The third-order valence-electron chi connectivity index (χ3n) is 4.29. The van der Waals surface area contributed by atoms with E-state index in [4.69, 9.17) is 0 Å². The lowest BCUT2D eigenvalue weighted by atomic mass is 9.99. The Bertz CT molecular complexity index is 586. The molecule has 1 nitrogen and oxygen atoms in total. The van der Waals surface area contributed by atoms with Crippen LogP contribution in [0.3, 0.4) is 0 Å². The van der Waals surface area contributed by atoms with E-state index < -0.39 is 0 Å². The second-order valence-electron chi connectivity index (χ2n) is 6.27. The molecule has 0 aliphatic rings. The molecule has 1 heteroatoms. The Morgan fingerprint density at radius 2 is 1.39 bits per heavy atom. The summed E-state index contributed by atoms with van der Waals surface area (Å²) >= 11 is 0. The predicted octanol–water partition coefficient (Wildman–Crippen LogP) is 6.21. The fraction of sp³-hybridized carbons (Fsp3) is 0.409. The average Bonchev–Trinajstić information content (AvgIpc) is 2.61. The maximum absolute atomic E-state index is 12.5. The molecule has 0 unspecified atom stereocenters. The predicted molar refractivity (Wildman–Crippen MR) is 98.0 cm³/mol. The molecule has 0 N–H and O–H groups in total. The lowest BCUT2D eigenvalue weighted by Crippen LogP contribution is -2.01. The molecule has 0 bridgehead atoms. The van der Waals surface area contributed by atoms with E-state index >= 15 is 0 Å². The summed E-state index contributed by atoms with van der Waals surface area (Å²) in [5.41, 5.74) is 2.84. The second-order valence-corrected chi connectivity index (χ2v) is 6.27. The fourth-order valence-electron chi connectivity index (χ4n) is 2.91. The minimum Gasteiger partial charge on any atom is -0.289 e. The summed E-state index contributed by atoms with van der Waals surface area (Å²) in [6.07, 6.45) is 10.3. The minimum absolute atomic E-state index is 0.118. The monoisotopic (exact) mass is 308 g/mol. The molecule has 0 aromatic heterocycles. The number of hydrogen-bond donors (Lipinski definition) is 0. The zero-order valence-electron chi connectivity index (χ0n) is 14.3. The number of rotatable bonds is 10. The molecule has 2 rings (SSSR count). The van der Waals surface area contributed by atoms with Crippen molar-refractivity contribution in [2.24, 2.45) is 0 Å². The quantitative estimate of drug-likeness (QED) is 0.376. The first-order valence-corrected chi connectivity index (χ1v) is 9.00. The molecule has 0 heterocycles. The van der Waals surface area contributed by atoms with Crippen molar-refractivity contribution in [2.45, 2.75) is 58.3 Å². The Kier molecular flexibility index (Phi) is 7.59. The van der Waals surface area contributed by atoms with E-state index in [1.165, 1.54) is 50.5 Å². The van der Waals surface area contributed by atoms with Crippen LogP contribution in [0.5, 0.6) is 0 Å². The second kappa shape index (κ2) is 9.99. The molecule has 122 valence electrons.